The highest BCUT2D eigenvalue weighted by molar-refractivity contribution is 6.28. The van der Waals surface area contributed by atoms with Gasteiger partial charge in [-0.15, -0.1) is 0 Å². The largest absolute Gasteiger partial charge is 0.449 e. The van der Waals surface area contributed by atoms with Gasteiger partial charge in [-0.25, -0.2) is 0 Å². The molecule has 13 heavy (non-hydrogen) atoms. The molecule has 2 rings (SSSR count). The summed E-state index contributed by atoms with van der Waals surface area (Å²) >= 11 is 5.70. The van der Waals surface area contributed by atoms with Crippen molar-refractivity contribution in [3.8, 4) is 0 Å². The molecule has 1 atom stereocenters. The van der Waals surface area contributed by atoms with Crippen molar-refractivity contribution in [2.75, 3.05) is 6.61 Å². The molecule has 1 saturated carbocycles. The highest BCUT2D eigenvalue weighted by Gasteiger charge is 2.63. The fraction of sp³-hybridized carbons (Fsp3) is 0.600. The number of hydrogen-bond acceptors (Lipinski definition) is 2. The molecular formula is C10H13ClO2. The summed E-state index contributed by atoms with van der Waals surface area (Å²) < 4.78 is 5.34. The zero-order valence-corrected chi connectivity index (χ0v) is 8.56. The van der Waals surface area contributed by atoms with Crippen LogP contribution in [0.2, 0.25) is 5.22 Å². The van der Waals surface area contributed by atoms with Crippen LogP contribution in [0.3, 0.4) is 0 Å². The predicted molar refractivity (Wildman–Crippen MR) is 50.9 cm³/mol. The van der Waals surface area contributed by atoms with Crippen LogP contribution in [-0.2, 0) is 5.41 Å². The molecule has 0 aliphatic heterocycles. The van der Waals surface area contributed by atoms with Crippen molar-refractivity contribution in [2.45, 2.75) is 25.7 Å². The Morgan fingerprint density at radius 3 is 2.46 bits per heavy atom. The molecule has 1 aliphatic carbocycles. The van der Waals surface area contributed by atoms with Gasteiger partial charge in [-0.2, -0.15) is 0 Å². The van der Waals surface area contributed by atoms with Crippen molar-refractivity contribution in [3.63, 3.8) is 0 Å². The van der Waals surface area contributed by atoms with Crippen LogP contribution in [0.15, 0.2) is 16.5 Å². The monoisotopic (exact) mass is 200 g/mol. The van der Waals surface area contributed by atoms with Crippen LogP contribution in [0, 0.1) is 5.41 Å². The average molecular weight is 201 g/mol. The van der Waals surface area contributed by atoms with Gasteiger partial charge in [-0.3, -0.25) is 0 Å². The summed E-state index contributed by atoms with van der Waals surface area (Å²) in [5.74, 6) is 0.810. The first-order valence-electron chi connectivity index (χ1n) is 4.38. The van der Waals surface area contributed by atoms with E-state index in [0.717, 1.165) is 12.2 Å². The van der Waals surface area contributed by atoms with Gasteiger partial charge in [0.15, 0.2) is 5.22 Å². The van der Waals surface area contributed by atoms with Crippen LogP contribution >= 0.6 is 11.6 Å². The molecule has 2 nitrogen and oxygen atoms in total. The van der Waals surface area contributed by atoms with E-state index in [2.05, 4.69) is 13.8 Å². The predicted octanol–water partition coefficient (Wildman–Crippen LogP) is 2.59. The van der Waals surface area contributed by atoms with Crippen LogP contribution < -0.4 is 0 Å². The van der Waals surface area contributed by atoms with Crippen LogP contribution in [0.1, 0.15) is 26.0 Å². The molecule has 0 bridgehead atoms. The summed E-state index contributed by atoms with van der Waals surface area (Å²) in [6.45, 7) is 4.38. The van der Waals surface area contributed by atoms with Gasteiger partial charge in [0.1, 0.15) is 5.76 Å². The van der Waals surface area contributed by atoms with E-state index in [9.17, 15) is 5.11 Å². The summed E-state index contributed by atoms with van der Waals surface area (Å²) in [5.41, 5.74) is -0.0664. The summed E-state index contributed by atoms with van der Waals surface area (Å²) in [5, 5.41) is 9.75. The molecule has 1 aromatic heterocycles. The highest BCUT2D eigenvalue weighted by atomic mass is 35.5. The second kappa shape index (κ2) is 2.52. The van der Waals surface area contributed by atoms with E-state index in [1.165, 1.54) is 0 Å². The van der Waals surface area contributed by atoms with Gasteiger partial charge in [0.2, 0.25) is 0 Å². The van der Waals surface area contributed by atoms with E-state index in [1.54, 1.807) is 6.07 Å². The maximum atomic E-state index is 9.35. The van der Waals surface area contributed by atoms with Crippen LogP contribution in [0.25, 0.3) is 0 Å². The Morgan fingerprint density at radius 1 is 1.54 bits per heavy atom. The number of aliphatic hydroxyl groups is 1. The molecular weight excluding hydrogens is 188 g/mol. The molecule has 0 radical (unpaired) electrons. The summed E-state index contributed by atoms with van der Waals surface area (Å²) in [6, 6.07) is 3.58. The first kappa shape index (κ1) is 9.10. The molecule has 1 N–H and O–H groups in total. The molecule has 72 valence electrons. The minimum atomic E-state index is -0.194. The second-order valence-corrected chi connectivity index (χ2v) is 4.78. The van der Waals surface area contributed by atoms with Gasteiger partial charge < -0.3 is 9.52 Å². The van der Waals surface area contributed by atoms with Gasteiger partial charge in [-0.1, -0.05) is 13.8 Å². The van der Waals surface area contributed by atoms with E-state index in [1.807, 2.05) is 6.07 Å². The third-order valence-electron chi connectivity index (χ3n) is 3.23. The topological polar surface area (TPSA) is 33.4 Å². The molecule has 1 fully saturated rings. The van der Waals surface area contributed by atoms with Crippen molar-refractivity contribution < 1.29 is 9.52 Å². The fourth-order valence-corrected chi connectivity index (χ4v) is 2.20. The van der Waals surface area contributed by atoms with Crippen molar-refractivity contribution >= 4 is 11.6 Å². The Labute approximate surface area is 82.5 Å². The lowest BCUT2D eigenvalue weighted by Gasteiger charge is -2.14. The van der Waals surface area contributed by atoms with Gasteiger partial charge in [-0.05, 0) is 35.6 Å². The van der Waals surface area contributed by atoms with Crippen LogP contribution in [0.5, 0.6) is 0 Å². The molecule has 0 amide bonds. The van der Waals surface area contributed by atoms with Crippen molar-refractivity contribution in [3.05, 3.63) is 23.1 Å². The maximum absolute atomic E-state index is 9.35. The highest BCUT2D eigenvalue weighted by Crippen LogP contribution is 2.64. The van der Waals surface area contributed by atoms with E-state index in [-0.39, 0.29) is 17.4 Å². The fourth-order valence-electron chi connectivity index (χ4n) is 2.05. The number of rotatable bonds is 2. The zero-order chi connectivity index (χ0) is 9.69. The quantitative estimate of drug-likeness (QED) is 0.796. The van der Waals surface area contributed by atoms with Crippen molar-refractivity contribution in [2.24, 2.45) is 5.41 Å². The van der Waals surface area contributed by atoms with Gasteiger partial charge in [0.25, 0.3) is 0 Å². The maximum Gasteiger partial charge on any atom is 0.193 e. The number of aliphatic hydroxyl groups excluding tert-OH is 1. The molecule has 0 saturated heterocycles. The number of halogens is 1. The summed E-state index contributed by atoms with van der Waals surface area (Å²) in [7, 11) is 0. The SMILES string of the molecule is CC1(C)CC1(CO)c1ccc(Cl)o1. The molecule has 0 spiro atoms. The smallest absolute Gasteiger partial charge is 0.193 e. The number of furan rings is 1. The van der Waals surface area contributed by atoms with Gasteiger partial charge in [0.05, 0.1) is 12.0 Å². The van der Waals surface area contributed by atoms with E-state index in [4.69, 9.17) is 16.0 Å². The van der Waals surface area contributed by atoms with Crippen molar-refractivity contribution in [1.29, 1.82) is 0 Å². The van der Waals surface area contributed by atoms with Crippen LogP contribution in [-0.4, -0.2) is 11.7 Å². The molecule has 1 heterocycles. The first-order valence-corrected chi connectivity index (χ1v) is 4.76. The summed E-state index contributed by atoms with van der Waals surface area (Å²) in [4.78, 5) is 0. The minimum Gasteiger partial charge on any atom is -0.449 e. The van der Waals surface area contributed by atoms with Gasteiger partial charge >= 0.3 is 0 Å². The van der Waals surface area contributed by atoms with Gasteiger partial charge in [0, 0.05) is 0 Å². The second-order valence-electron chi connectivity index (χ2n) is 4.40. The Bertz CT molecular complexity index is 329. The third kappa shape index (κ3) is 1.12. The minimum absolute atomic E-state index is 0.128. The Balaban J connectivity index is 2.35. The zero-order valence-electron chi connectivity index (χ0n) is 7.80. The third-order valence-corrected chi connectivity index (χ3v) is 3.43. The van der Waals surface area contributed by atoms with Crippen molar-refractivity contribution in [1.82, 2.24) is 0 Å². The standard InChI is InChI=1S/C10H13ClO2/c1-9(2)5-10(9,6-12)7-3-4-8(11)13-7/h3-4,12H,5-6H2,1-2H3. The Hall–Kier alpha value is -0.470. The lowest BCUT2D eigenvalue weighted by atomic mass is 9.94. The average Bonchev–Trinajstić information content (AvgIpc) is 2.43. The Morgan fingerprint density at radius 2 is 2.15 bits per heavy atom. The normalized spacial score (nSPS) is 30.5. The number of hydrogen-bond donors (Lipinski definition) is 1. The molecule has 1 aliphatic rings. The molecule has 1 aromatic rings. The molecule has 0 aromatic carbocycles. The van der Waals surface area contributed by atoms with Crippen LogP contribution in [0.4, 0.5) is 0 Å². The van der Waals surface area contributed by atoms with E-state index in [0.29, 0.717) is 5.22 Å². The Kier molecular flexibility index (Phi) is 1.76. The first-order chi connectivity index (χ1) is 6.02. The molecule has 1 unspecified atom stereocenters. The van der Waals surface area contributed by atoms with E-state index < -0.39 is 0 Å². The lowest BCUT2D eigenvalue weighted by Crippen LogP contribution is -2.18. The lowest BCUT2D eigenvalue weighted by molar-refractivity contribution is 0.212. The van der Waals surface area contributed by atoms with E-state index >= 15 is 0 Å². The molecule has 3 heteroatoms. The summed E-state index contributed by atoms with van der Waals surface area (Å²) in [6.07, 6.45) is 0.959.